The molecule has 0 aliphatic carbocycles. The minimum Gasteiger partial charge on any atom is -0.377 e. The number of benzene rings is 2. The van der Waals surface area contributed by atoms with Gasteiger partial charge in [0.2, 0.25) is 0 Å². The van der Waals surface area contributed by atoms with Crippen LogP contribution in [0.2, 0.25) is 0 Å². The zero-order chi connectivity index (χ0) is 15.1. The highest BCUT2D eigenvalue weighted by Crippen LogP contribution is 2.23. The Morgan fingerprint density at radius 2 is 1.71 bits per heavy atom. The summed E-state index contributed by atoms with van der Waals surface area (Å²) in [4.78, 5) is 0. The minimum atomic E-state index is 0.443. The number of halogens is 2. The second kappa shape index (κ2) is 8.36. The van der Waals surface area contributed by atoms with Crippen molar-refractivity contribution in [3.05, 3.63) is 68.6 Å². The molecule has 21 heavy (non-hydrogen) atoms. The molecule has 0 amide bonds. The SMILES string of the molecule is NC(=NN=Cc1c(Br)cccc1Br)SCc1ccccc1. The molecule has 3 nitrogen and oxygen atoms in total. The van der Waals surface area contributed by atoms with Gasteiger partial charge in [0, 0.05) is 20.3 Å². The standard InChI is InChI=1S/C15H13Br2N3S/c16-13-7-4-8-14(17)12(13)9-19-20-15(18)21-10-11-5-2-1-3-6-11/h1-9H,10H2,(H2,18,20). The molecule has 2 rings (SSSR count). The first-order valence-electron chi connectivity index (χ1n) is 6.14. The molecule has 0 spiro atoms. The normalized spacial score (nSPS) is 12.0. The maximum atomic E-state index is 5.84. The van der Waals surface area contributed by atoms with E-state index in [0.29, 0.717) is 5.17 Å². The molecule has 0 saturated carbocycles. The highest BCUT2D eigenvalue weighted by molar-refractivity contribution is 9.11. The number of rotatable bonds is 4. The van der Waals surface area contributed by atoms with Crippen LogP contribution in [0.15, 0.2) is 67.7 Å². The first-order valence-corrected chi connectivity index (χ1v) is 8.71. The molecule has 0 aromatic heterocycles. The van der Waals surface area contributed by atoms with Crippen molar-refractivity contribution in [2.75, 3.05) is 0 Å². The van der Waals surface area contributed by atoms with Gasteiger partial charge in [-0.2, -0.15) is 5.10 Å². The molecule has 0 saturated heterocycles. The number of hydrogen-bond acceptors (Lipinski definition) is 3. The number of thioether (sulfide) groups is 1. The molecule has 0 bridgehead atoms. The van der Waals surface area contributed by atoms with Crippen molar-refractivity contribution in [3.8, 4) is 0 Å². The quantitative estimate of drug-likeness (QED) is 0.433. The second-order valence-electron chi connectivity index (χ2n) is 4.09. The molecule has 0 aliphatic rings. The summed E-state index contributed by atoms with van der Waals surface area (Å²) < 4.78 is 1.90. The summed E-state index contributed by atoms with van der Waals surface area (Å²) in [6.07, 6.45) is 1.67. The van der Waals surface area contributed by atoms with Crippen LogP contribution in [0.25, 0.3) is 0 Å². The van der Waals surface area contributed by atoms with Crippen LogP contribution >= 0.6 is 43.6 Å². The number of nitrogens with zero attached hydrogens (tertiary/aromatic N) is 2. The fourth-order valence-corrected chi connectivity index (χ4v) is 3.35. The van der Waals surface area contributed by atoms with E-state index in [1.807, 2.05) is 36.4 Å². The molecule has 0 atom stereocenters. The predicted molar refractivity (Wildman–Crippen MR) is 98.8 cm³/mol. The van der Waals surface area contributed by atoms with Gasteiger partial charge in [-0.25, -0.2) is 0 Å². The first-order chi connectivity index (χ1) is 10.2. The summed E-state index contributed by atoms with van der Waals surface area (Å²) in [6, 6.07) is 16.0. The van der Waals surface area contributed by atoms with Crippen molar-refractivity contribution in [1.29, 1.82) is 0 Å². The van der Waals surface area contributed by atoms with Gasteiger partial charge >= 0.3 is 0 Å². The van der Waals surface area contributed by atoms with Crippen LogP contribution in [0.4, 0.5) is 0 Å². The lowest BCUT2D eigenvalue weighted by molar-refractivity contribution is 1.25. The van der Waals surface area contributed by atoms with Gasteiger partial charge in [-0.1, -0.05) is 80.0 Å². The Balaban J connectivity index is 1.95. The highest BCUT2D eigenvalue weighted by atomic mass is 79.9. The Labute approximate surface area is 145 Å². The van der Waals surface area contributed by atoms with E-state index in [2.05, 4.69) is 54.2 Å². The lowest BCUT2D eigenvalue weighted by atomic mass is 10.2. The number of hydrogen-bond donors (Lipinski definition) is 1. The molecule has 6 heteroatoms. The Kier molecular flexibility index (Phi) is 6.48. The van der Waals surface area contributed by atoms with E-state index in [0.717, 1.165) is 20.3 Å². The van der Waals surface area contributed by atoms with Crippen molar-refractivity contribution in [3.63, 3.8) is 0 Å². The maximum absolute atomic E-state index is 5.84. The summed E-state index contributed by atoms with van der Waals surface area (Å²) in [5.74, 6) is 0.782. The molecule has 0 radical (unpaired) electrons. The molecule has 0 heterocycles. The van der Waals surface area contributed by atoms with Crippen LogP contribution in [0.5, 0.6) is 0 Å². The molecule has 0 aliphatic heterocycles. The van der Waals surface area contributed by atoms with E-state index in [1.54, 1.807) is 6.21 Å². The zero-order valence-corrected chi connectivity index (χ0v) is 15.0. The van der Waals surface area contributed by atoms with E-state index >= 15 is 0 Å². The summed E-state index contributed by atoms with van der Waals surface area (Å²) in [6.45, 7) is 0. The number of nitrogens with two attached hydrogens (primary N) is 1. The van der Waals surface area contributed by atoms with Crippen LogP contribution in [-0.4, -0.2) is 11.4 Å². The van der Waals surface area contributed by atoms with Crippen molar-refractivity contribution in [2.45, 2.75) is 5.75 Å². The Bertz CT molecular complexity index is 637. The van der Waals surface area contributed by atoms with E-state index in [4.69, 9.17) is 5.73 Å². The summed E-state index contributed by atoms with van der Waals surface area (Å²) >= 11 is 8.40. The topological polar surface area (TPSA) is 50.7 Å². The molecular formula is C15H13Br2N3S. The largest absolute Gasteiger partial charge is 0.377 e. The highest BCUT2D eigenvalue weighted by Gasteiger charge is 2.01. The van der Waals surface area contributed by atoms with Crippen molar-refractivity contribution in [1.82, 2.24) is 0 Å². The van der Waals surface area contributed by atoms with Gasteiger partial charge in [-0.3, -0.25) is 0 Å². The maximum Gasteiger partial charge on any atom is 0.180 e. The summed E-state index contributed by atoms with van der Waals surface area (Å²) in [5.41, 5.74) is 7.98. The average molecular weight is 427 g/mol. The Morgan fingerprint density at radius 1 is 1.05 bits per heavy atom. The molecule has 0 fully saturated rings. The van der Waals surface area contributed by atoms with Crippen molar-refractivity contribution in [2.24, 2.45) is 15.9 Å². The second-order valence-corrected chi connectivity index (χ2v) is 6.80. The van der Waals surface area contributed by atoms with Crippen LogP contribution in [0.1, 0.15) is 11.1 Å². The van der Waals surface area contributed by atoms with Crippen molar-refractivity contribution >= 4 is 55.0 Å². The third-order valence-corrected chi connectivity index (χ3v) is 4.81. The smallest absolute Gasteiger partial charge is 0.180 e. The van der Waals surface area contributed by atoms with E-state index in [1.165, 1.54) is 17.3 Å². The summed E-state index contributed by atoms with van der Waals surface area (Å²) in [5, 5.41) is 8.48. The third-order valence-electron chi connectivity index (χ3n) is 2.57. The van der Waals surface area contributed by atoms with Crippen LogP contribution in [-0.2, 0) is 5.75 Å². The lowest BCUT2D eigenvalue weighted by Gasteiger charge is -2.00. The van der Waals surface area contributed by atoms with Crippen molar-refractivity contribution < 1.29 is 0 Å². The van der Waals surface area contributed by atoms with E-state index < -0.39 is 0 Å². The predicted octanol–water partition coefficient (Wildman–Crippen LogP) is 4.79. The monoisotopic (exact) mass is 425 g/mol. The molecule has 2 aromatic rings. The van der Waals surface area contributed by atoms with Gasteiger partial charge in [-0.05, 0) is 17.7 Å². The third kappa shape index (κ3) is 5.30. The van der Waals surface area contributed by atoms with Gasteiger partial charge < -0.3 is 5.73 Å². The lowest BCUT2D eigenvalue weighted by Crippen LogP contribution is -2.06. The number of amidine groups is 1. The molecule has 2 aromatic carbocycles. The average Bonchev–Trinajstić information content (AvgIpc) is 2.49. The molecule has 108 valence electrons. The molecule has 2 N–H and O–H groups in total. The summed E-state index contributed by atoms with van der Waals surface area (Å²) in [7, 11) is 0. The molecular weight excluding hydrogens is 414 g/mol. The Hall–Kier alpha value is -1.11. The van der Waals surface area contributed by atoms with Gasteiger partial charge in [0.25, 0.3) is 0 Å². The fraction of sp³-hybridized carbons (Fsp3) is 0.0667. The minimum absolute atomic E-state index is 0.443. The fourth-order valence-electron chi connectivity index (χ4n) is 1.54. The van der Waals surface area contributed by atoms with Crippen LogP contribution in [0, 0.1) is 0 Å². The first kappa shape index (κ1) is 16.3. The zero-order valence-electron chi connectivity index (χ0n) is 11.0. The van der Waals surface area contributed by atoms with Gasteiger partial charge in [0.05, 0.1) is 6.21 Å². The molecule has 0 unspecified atom stereocenters. The van der Waals surface area contributed by atoms with E-state index in [9.17, 15) is 0 Å². The van der Waals surface area contributed by atoms with Gasteiger partial charge in [0.15, 0.2) is 5.17 Å². The van der Waals surface area contributed by atoms with Crippen LogP contribution in [0.3, 0.4) is 0 Å². The Morgan fingerprint density at radius 3 is 2.38 bits per heavy atom. The van der Waals surface area contributed by atoms with E-state index in [-0.39, 0.29) is 0 Å². The van der Waals surface area contributed by atoms with Gasteiger partial charge in [0.1, 0.15) is 0 Å². The van der Waals surface area contributed by atoms with Gasteiger partial charge in [-0.15, -0.1) is 5.10 Å². The van der Waals surface area contributed by atoms with Crippen LogP contribution < -0.4 is 5.73 Å².